The van der Waals surface area contributed by atoms with Gasteiger partial charge in [0.1, 0.15) is 5.82 Å². The monoisotopic (exact) mass is 334 g/mol. The molecule has 1 N–H and O–H groups in total. The summed E-state index contributed by atoms with van der Waals surface area (Å²) in [7, 11) is 1.68. The van der Waals surface area contributed by atoms with Crippen molar-refractivity contribution >= 4 is 5.91 Å². The van der Waals surface area contributed by atoms with Gasteiger partial charge in [-0.1, -0.05) is 6.07 Å². The van der Waals surface area contributed by atoms with Crippen LogP contribution < -0.4 is 0 Å². The number of nitrogens with zero attached hydrogens (tertiary/aromatic N) is 3. The fraction of sp³-hybridized carbons (Fsp3) is 0.105. The maximum atomic E-state index is 13.1. The number of aromatic nitrogens is 2. The van der Waals surface area contributed by atoms with E-state index >= 15 is 0 Å². The zero-order valence-corrected chi connectivity index (χ0v) is 13.5. The van der Waals surface area contributed by atoms with E-state index in [1.165, 1.54) is 12.1 Å². The van der Waals surface area contributed by atoms with E-state index in [1.54, 1.807) is 54.5 Å². The lowest BCUT2D eigenvalue weighted by atomic mass is 10.1. The van der Waals surface area contributed by atoms with Gasteiger partial charge in [-0.25, -0.2) is 4.39 Å². The molecule has 3 aromatic rings. The van der Waals surface area contributed by atoms with Crippen molar-refractivity contribution in [2.24, 2.45) is 0 Å². The zero-order chi connectivity index (χ0) is 17.8. The molecular formula is C19H15FN4O. The summed E-state index contributed by atoms with van der Waals surface area (Å²) in [6.07, 6.45) is 1.65. The minimum atomic E-state index is -0.311. The largest absolute Gasteiger partial charge is 0.337 e. The molecular weight excluding hydrogens is 319 g/mol. The lowest BCUT2D eigenvalue weighted by molar-refractivity contribution is 0.0785. The fourth-order valence-electron chi connectivity index (χ4n) is 2.57. The first-order valence-corrected chi connectivity index (χ1v) is 7.62. The van der Waals surface area contributed by atoms with Gasteiger partial charge in [0.15, 0.2) is 0 Å². The Morgan fingerprint density at radius 3 is 2.76 bits per heavy atom. The van der Waals surface area contributed by atoms with Gasteiger partial charge < -0.3 is 4.90 Å². The Bertz CT molecular complexity index is 941. The summed E-state index contributed by atoms with van der Waals surface area (Å²) in [5.74, 6) is -0.502. The molecule has 0 aliphatic carbocycles. The minimum absolute atomic E-state index is 0.191. The predicted octanol–water partition coefficient (Wildman–Crippen LogP) is 3.36. The van der Waals surface area contributed by atoms with Crippen molar-refractivity contribution in [3.05, 3.63) is 77.2 Å². The third-order valence-electron chi connectivity index (χ3n) is 3.84. The molecule has 0 aliphatic heterocycles. The van der Waals surface area contributed by atoms with Crippen molar-refractivity contribution in [1.82, 2.24) is 15.1 Å². The highest BCUT2D eigenvalue weighted by Crippen LogP contribution is 2.22. The molecule has 0 radical (unpaired) electrons. The Hall–Kier alpha value is -3.46. The van der Waals surface area contributed by atoms with E-state index in [0.717, 1.165) is 16.8 Å². The second-order valence-electron chi connectivity index (χ2n) is 5.63. The molecule has 3 rings (SSSR count). The van der Waals surface area contributed by atoms with Gasteiger partial charge >= 0.3 is 0 Å². The molecule has 0 bridgehead atoms. The minimum Gasteiger partial charge on any atom is -0.337 e. The Kier molecular flexibility index (Phi) is 4.57. The summed E-state index contributed by atoms with van der Waals surface area (Å²) < 4.78 is 13.1. The van der Waals surface area contributed by atoms with E-state index in [0.29, 0.717) is 17.7 Å². The molecule has 0 unspecified atom stereocenters. The molecule has 1 aromatic heterocycles. The fourth-order valence-corrected chi connectivity index (χ4v) is 2.57. The SMILES string of the molecule is CN(Cc1cn[nH]c1-c1ccc(F)cc1)C(=O)c1cccc(C#N)c1. The van der Waals surface area contributed by atoms with Crippen LogP contribution in [0.1, 0.15) is 21.5 Å². The molecule has 0 fully saturated rings. The van der Waals surface area contributed by atoms with Crippen molar-refractivity contribution in [2.75, 3.05) is 7.05 Å². The van der Waals surface area contributed by atoms with E-state index in [2.05, 4.69) is 10.2 Å². The number of hydrogen-bond donors (Lipinski definition) is 1. The number of halogens is 1. The van der Waals surface area contributed by atoms with Crippen LogP contribution in [-0.4, -0.2) is 28.1 Å². The number of benzene rings is 2. The second kappa shape index (κ2) is 6.97. The molecule has 25 heavy (non-hydrogen) atoms. The summed E-state index contributed by atoms with van der Waals surface area (Å²) >= 11 is 0. The summed E-state index contributed by atoms with van der Waals surface area (Å²) in [5, 5.41) is 15.9. The van der Waals surface area contributed by atoms with Crippen LogP contribution >= 0.6 is 0 Å². The van der Waals surface area contributed by atoms with E-state index in [4.69, 9.17) is 5.26 Å². The number of carbonyl (C=O) groups is 1. The van der Waals surface area contributed by atoms with E-state index in [1.807, 2.05) is 6.07 Å². The molecule has 5 nitrogen and oxygen atoms in total. The molecule has 6 heteroatoms. The number of rotatable bonds is 4. The maximum Gasteiger partial charge on any atom is 0.253 e. The molecule has 0 saturated carbocycles. The highest BCUT2D eigenvalue weighted by atomic mass is 19.1. The number of nitrogens with one attached hydrogen (secondary N) is 1. The van der Waals surface area contributed by atoms with Gasteiger partial charge in [-0.05, 0) is 42.5 Å². The normalized spacial score (nSPS) is 10.3. The standard InChI is InChI=1S/C19H15FN4O/c1-24(19(25)15-4-2-3-13(9-15)10-21)12-16-11-22-23-18(16)14-5-7-17(20)8-6-14/h2-9,11H,12H2,1H3,(H,22,23). The molecule has 124 valence electrons. The highest BCUT2D eigenvalue weighted by molar-refractivity contribution is 5.94. The van der Waals surface area contributed by atoms with Crippen LogP contribution in [0.4, 0.5) is 4.39 Å². The lowest BCUT2D eigenvalue weighted by Gasteiger charge is -2.17. The maximum absolute atomic E-state index is 13.1. The third kappa shape index (κ3) is 3.56. The highest BCUT2D eigenvalue weighted by Gasteiger charge is 2.16. The number of aromatic amines is 1. The second-order valence-corrected chi connectivity index (χ2v) is 5.63. The van der Waals surface area contributed by atoms with Crippen LogP contribution in [0.2, 0.25) is 0 Å². The third-order valence-corrected chi connectivity index (χ3v) is 3.84. The molecule has 0 saturated heterocycles. The average molecular weight is 334 g/mol. The van der Waals surface area contributed by atoms with Crippen LogP contribution in [0.5, 0.6) is 0 Å². The van der Waals surface area contributed by atoms with Gasteiger partial charge in [0.2, 0.25) is 0 Å². The van der Waals surface area contributed by atoms with Crippen LogP contribution in [0.3, 0.4) is 0 Å². The Balaban J connectivity index is 1.81. The topological polar surface area (TPSA) is 72.8 Å². The van der Waals surface area contributed by atoms with Crippen molar-refractivity contribution in [2.45, 2.75) is 6.54 Å². The molecule has 0 atom stereocenters. The van der Waals surface area contributed by atoms with E-state index in [9.17, 15) is 9.18 Å². The number of carbonyl (C=O) groups excluding carboxylic acids is 1. The summed E-state index contributed by atoms with van der Waals surface area (Å²) in [5.41, 5.74) is 3.24. The van der Waals surface area contributed by atoms with Gasteiger partial charge in [-0.2, -0.15) is 10.4 Å². The van der Waals surface area contributed by atoms with Crippen LogP contribution in [-0.2, 0) is 6.54 Å². The van der Waals surface area contributed by atoms with Crippen LogP contribution in [0.25, 0.3) is 11.3 Å². The van der Waals surface area contributed by atoms with Crippen molar-refractivity contribution in [3.63, 3.8) is 0 Å². The van der Waals surface area contributed by atoms with Crippen LogP contribution in [0, 0.1) is 17.1 Å². The molecule has 0 aliphatic rings. The summed E-state index contributed by atoms with van der Waals surface area (Å²) in [6.45, 7) is 0.332. The van der Waals surface area contributed by atoms with Crippen molar-refractivity contribution < 1.29 is 9.18 Å². The van der Waals surface area contributed by atoms with Crippen LogP contribution in [0.15, 0.2) is 54.7 Å². The molecule has 1 heterocycles. The Labute approximate surface area is 144 Å². The van der Waals surface area contributed by atoms with Gasteiger partial charge in [-0.3, -0.25) is 9.89 Å². The molecule has 1 amide bonds. The van der Waals surface area contributed by atoms with Gasteiger partial charge in [0, 0.05) is 30.3 Å². The average Bonchev–Trinajstić information content (AvgIpc) is 3.09. The van der Waals surface area contributed by atoms with E-state index < -0.39 is 0 Å². The Morgan fingerprint density at radius 2 is 2.04 bits per heavy atom. The van der Waals surface area contributed by atoms with Gasteiger partial charge in [0.05, 0.1) is 23.5 Å². The molecule has 0 spiro atoms. The first kappa shape index (κ1) is 16.4. The number of amides is 1. The quantitative estimate of drug-likeness (QED) is 0.795. The van der Waals surface area contributed by atoms with Gasteiger partial charge in [-0.15, -0.1) is 0 Å². The van der Waals surface area contributed by atoms with Crippen molar-refractivity contribution in [3.8, 4) is 17.3 Å². The van der Waals surface area contributed by atoms with Gasteiger partial charge in [0.25, 0.3) is 5.91 Å². The smallest absolute Gasteiger partial charge is 0.253 e. The first-order chi connectivity index (χ1) is 12.1. The van der Waals surface area contributed by atoms with E-state index in [-0.39, 0.29) is 11.7 Å². The predicted molar refractivity (Wildman–Crippen MR) is 90.9 cm³/mol. The summed E-state index contributed by atoms with van der Waals surface area (Å²) in [6, 6.07) is 14.7. The van der Waals surface area contributed by atoms with Crippen molar-refractivity contribution in [1.29, 1.82) is 5.26 Å². The summed E-state index contributed by atoms with van der Waals surface area (Å²) in [4.78, 5) is 14.1. The number of hydrogen-bond acceptors (Lipinski definition) is 3. The molecule has 2 aromatic carbocycles. The first-order valence-electron chi connectivity index (χ1n) is 7.62. The lowest BCUT2D eigenvalue weighted by Crippen LogP contribution is -2.26. The zero-order valence-electron chi connectivity index (χ0n) is 13.5. The number of H-pyrrole nitrogens is 1. The number of nitriles is 1. The Morgan fingerprint density at radius 1 is 1.28 bits per heavy atom.